The van der Waals surface area contributed by atoms with Crippen LogP contribution in [0.4, 0.5) is 11.4 Å². The molecule has 138 valence electrons. The molecule has 0 aromatic heterocycles. The molecule has 2 aromatic carbocycles. The molecule has 2 aromatic rings. The van der Waals surface area contributed by atoms with Gasteiger partial charge in [0.2, 0.25) is 17.8 Å². The van der Waals surface area contributed by atoms with Crippen LogP contribution in [-0.2, 0) is 9.59 Å². The SMILES string of the molecule is Cc1ccc(NC(N)=NC2=N[C@H](CC(=O)Nc3ccccc3)C(=O)N2)cc1. The van der Waals surface area contributed by atoms with E-state index in [2.05, 4.69) is 25.9 Å². The number of hydrogen-bond acceptors (Lipinski definition) is 4. The highest BCUT2D eigenvalue weighted by Gasteiger charge is 2.28. The number of anilines is 2. The topological polar surface area (TPSA) is 121 Å². The van der Waals surface area contributed by atoms with Crippen LogP contribution in [0.1, 0.15) is 12.0 Å². The average molecular weight is 364 g/mol. The fourth-order valence-corrected chi connectivity index (χ4v) is 2.46. The van der Waals surface area contributed by atoms with Crippen molar-refractivity contribution >= 4 is 35.1 Å². The number of nitrogens with zero attached hydrogens (tertiary/aromatic N) is 2. The molecule has 1 aliphatic heterocycles. The maximum atomic E-state index is 12.1. The fourth-order valence-electron chi connectivity index (χ4n) is 2.46. The molecule has 0 spiro atoms. The second-order valence-electron chi connectivity index (χ2n) is 6.06. The minimum absolute atomic E-state index is 0.0783. The summed E-state index contributed by atoms with van der Waals surface area (Å²) < 4.78 is 0. The van der Waals surface area contributed by atoms with E-state index < -0.39 is 6.04 Å². The van der Waals surface area contributed by atoms with E-state index >= 15 is 0 Å². The lowest BCUT2D eigenvalue weighted by Crippen LogP contribution is -2.32. The Bertz CT molecular complexity index is 890. The zero-order valence-corrected chi connectivity index (χ0v) is 14.8. The number of nitrogens with two attached hydrogens (primary N) is 1. The number of benzene rings is 2. The van der Waals surface area contributed by atoms with Gasteiger partial charge in [-0.15, -0.1) is 0 Å². The van der Waals surface area contributed by atoms with Crippen molar-refractivity contribution in [2.75, 3.05) is 10.6 Å². The van der Waals surface area contributed by atoms with E-state index in [0.29, 0.717) is 5.69 Å². The summed E-state index contributed by atoms with van der Waals surface area (Å²) in [4.78, 5) is 32.3. The second kappa shape index (κ2) is 8.13. The number of nitrogens with one attached hydrogen (secondary N) is 3. The van der Waals surface area contributed by atoms with Crippen LogP contribution in [0.5, 0.6) is 0 Å². The van der Waals surface area contributed by atoms with E-state index in [-0.39, 0.29) is 30.2 Å². The first kappa shape index (κ1) is 18.1. The van der Waals surface area contributed by atoms with Crippen molar-refractivity contribution in [3.8, 4) is 0 Å². The van der Waals surface area contributed by atoms with E-state index in [9.17, 15) is 9.59 Å². The largest absolute Gasteiger partial charge is 0.369 e. The molecule has 2 amide bonds. The van der Waals surface area contributed by atoms with Crippen LogP contribution >= 0.6 is 0 Å². The minimum atomic E-state index is -0.834. The predicted octanol–water partition coefficient (Wildman–Crippen LogP) is 1.60. The van der Waals surface area contributed by atoms with Crippen LogP contribution in [0.25, 0.3) is 0 Å². The van der Waals surface area contributed by atoms with Gasteiger partial charge in [-0.25, -0.2) is 4.99 Å². The van der Waals surface area contributed by atoms with Gasteiger partial charge in [0, 0.05) is 11.4 Å². The first-order chi connectivity index (χ1) is 13.0. The molecular weight excluding hydrogens is 344 g/mol. The molecule has 0 fully saturated rings. The van der Waals surface area contributed by atoms with Crippen molar-refractivity contribution in [2.45, 2.75) is 19.4 Å². The van der Waals surface area contributed by atoms with Gasteiger partial charge in [0.25, 0.3) is 5.91 Å². The summed E-state index contributed by atoms with van der Waals surface area (Å²) in [7, 11) is 0. The number of para-hydroxylation sites is 1. The Kier molecular flexibility index (Phi) is 5.46. The molecule has 5 N–H and O–H groups in total. The fraction of sp³-hybridized carbons (Fsp3) is 0.158. The van der Waals surface area contributed by atoms with Gasteiger partial charge in [-0.2, -0.15) is 4.99 Å². The highest BCUT2D eigenvalue weighted by atomic mass is 16.2. The first-order valence-corrected chi connectivity index (χ1v) is 8.41. The molecule has 0 radical (unpaired) electrons. The second-order valence-corrected chi connectivity index (χ2v) is 6.06. The molecule has 0 saturated heterocycles. The Labute approximate surface area is 156 Å². The molecule has 8 heteroatoms. The Morgan fingerprint density at radius 3 is 2.48 bits per heavy atom. The van der Waals surface area contributed by atoms with E-state index in [1.807, 2.05) is 49.4 Å². The molecule has 0 aliphatic carbocycles. The summed E-state index contributed by atoms with van der Waals surface area (Å²) in [5.74, 6) is -0.525. The van der Waals surface area contributed by atoms with Crippen LogP contribution in [-0.4, -0.2) is 29.8 Å². The van der Waals surface area contributed by atoms with Crippen molar-refractivity contribution in [3.63, 3.8) is 0 Å². The van der Waals surface area contributed by atoms with Crippen LogP contribution in [0, 0.1) is 6.92 Å². The van der Waals surface area contributed by atoms with E-state index in [1.54, 1.807) is 12.1 Å². The van der Waals surface area contributed by atoms with Gasteiger partial charge in [-0.05, 0) is 31.2 Å². The summed E-state index contributed by atoms with van der Waals surface area (Å²) in [5, 5.41) is 8.16. The van der Waals surface area contributed by atoms with Crippen LogP contribution in [0.3, 0.4) is 0 Å². The van der Waals surface area contributed by atoms with E-state index in [4.69, 9.17) is 5.73 Å². The number of aryl methyl sites for hydroxylation is 1. The molecule has 0 bridgehead atoms. The van der Waals surface area contributed by atoms with Crippen molar-refractivity contribution in [1.29, 1.82) is 0 Å². The third-order valence-electron chi connectivity index (χ3n) is 3.80. The van der Waals surface area contributed by atoms with Gasteiger partial charge in [0.15, 0.2) is 0 Å². The highest BCUT2D eigenvalue weighted by molar-refractivity contribution is 6.11. The van der Waals surface area contributed by atoms with Crippen molar-refractivity contribution in [2.24, 2.45) is 15.7 Å². The molecule has 27 heavy (non-hydrogen) atoms. The molecule has 8 nitrogen and oxygen atoms in total. The third kappa shape index (κ3) is 5.15. The van der Waals surface area contributed by atoms with E-state index in [0.717, 1.165) is 11.3 Å². The monoisotopic (exact) mass is 364 g/mol. The lowest BCUT2D eigenvalue weighted by Gasteiger charge is -2.06. The third-order valence-corrected chi connectivity index (χ3v) is 3.80. The molecule has 0 unspecified atom stereocenters. The van der Waals surface area contributed by atoms with Crippen LogP contribution < -0.4 is 21.7 Å². The lowest BCUT2D eigenvalue weighted by molar-refractivity contribution is -0.123. The number of carbonyl (C=O) groups is 2. The summed E-state index contributed by atoms with van der Waals surface area (Å²) in [6.07, 6.45) is -0.0783. The number of hydrogen-bond donors (Lipinski definition) is 4. The normalized spacial score (nSPS) is 16.5. The first-order valence-electron chi connectivity index (χ1n) is 8.41. The zero-order chi connectivity index (χ0) is 19.2. The summed E-state index contributed by atoms with van der Waals surface area (Å²) in [6.45, 7) is 1.98. The molecule has 0 saturated carbocycles. The quantitative estimate of drug-likeness (QED) is 0.486. The van der Waals surface area contributed by atoms with Crippen molar-refractivity contribution in [3.05, 3.63) is 60.2 Å². The van der Waals surface area contributed by atoms with Crippen LogP contribution in [0.2, 0.25) is 0 Å². The van der Waals surface area contributed by atoms with Gasteiger partial charge < -0.3 is 16.4 Å². The molecule has 1 heterocycles. The zero-order valence-electron chi connectivity index (χ0n) is 14.8. The standard InChI is InChI=1S/C19H20N6O2/c1-12-7-9-14(10-8-12)22-18(20)25-19-23-15(17(27)24-19)11-16(26)21-13-5-3-2-4-6-13/h2-10,15H,11H2,1H3,(H,21,26)(H4,20,22,23,24,25,27)/t15-/m1/s1. The Morgan fingerprint density at radius 1 is 1.11 bits per heavy atom. The highest BCUT2D eigenvalue weighted by Crippen LogP contribution is 2.11. The molecule has 3 rings (SSSR count). The van der Waals surface area contributed by atoms with E-state index in [1.165, 1.54) is 0 Å². The maximum absolute atomic E-state index is 12.1. The summed E-state index contributed by atoms with van der Waals surface area (Å²) >= 11 is 0. The molecule has 1 aliphatic rings. The summed E-state index contributed by atoms with van der Waals surface area (Å²) in [5.41, 5.74) is 8.40. The lowest BCUT2D eigenvalue weighted by atomic mass is 10.2. The Morgan fingerprint density at radius 2 is 1.78 bits per heavy atom. The van der Waals surface area contributed by atoms with Gasteiger partial charge >= 0.3 is 0 Å². The minimum Gasteiger partial charge on any atom is -0.369 e. The number of carbonyl (C=O) groups excluding carboxylic acids is 2. The van der Waals surface area contributed by atoms with Crippen LogP contribution in [0.15, 0.2) is 64.6 Å². The van der Waals surface area contributed by atoms with Gasteiger partial charge in [0.1, 0.15) is 6.04 Å². The Hall–Kier alpha value is -3.68. The van der Waals surface area contributed by atoms with Gasteiger partial charge in [-0.1, -0.05) is 35.9 Å². The van der Waals surface area contributed by atoms with Crippen molar-refractivity contribution in [1.82, 2.24) is 5.32 Å². The smallest absolute Gasteiger partial charge is 0.252 e. The molecular formula is C19H20N6O2. The Balaban J connectivity index is 1.59. The van der Waals surface area contributed by atoms with Gasteiger partial charge in [-0.3, -0.25) is 14.9 Å². The predicted molar refractivity (Wildman–Crippen MR) is 105 cm³/mol. The average Bonchev–Trinajstić information content (AvgIpc) is 2.96. The maximum Gasteiger partial charge on any atom is 0.252 e. The summed E-state index contributed by atoms with van der Waals surface area (Å²) in [6, 6.07) is 15.8. The number of guanidine groups is 2. The number of amides is 2. The molecule has 1 atom stereocenters. The van der Waals surface area contributed by atoms with Crippen molar-refractivity contribution < 1.29 is 9.59 Å². The number of rotatable bonds is 4. The van der Waals surface area contributed by atoms with Gasteiger partial charge in [0.05, 0.1) is 6.42 Å². The number of aliphatic imine (C=N–C) groups is 2.